The summed E-state index contributed by atoms with van der Waals surface area (Å²) in [6, 6.07) is 0. The molecule has 0 aliphatic rings. The number of carbonyl (C=O) groups is 4. The van der Waals surface area contributed by atoms with Gasteiger partial charge in [-0.05, 0) is 43.4 Å². The van der Waals surface area contributed by atoms with Gasteiger partial charge in [0, 0.05) is 25.7 Å². The van der Waals surface area contributed by atoms with Crippen molar-refractivity contribution >= 4 is 39.5 Å². The van der Waals surface area contributed by atoms with Crippen LogP contribution in [0.4, 0.5) is 0 Å². The normalized spacial score (nSPS) is 14.3. The molecule has 0 radical (unpaired) electrons. The summed E-state index contributed by atoms with van der Waals surface area (Å²) in [6.07, 6.45) is 69.7. The second-order valence-corrected chi connectivity index (χ2v) is 35.5. The highest BCUT2D eigenvalue weighted by atomic mass is 31.2. The highest BCUT2D eigenvalue weighted by molar-refractivity contribution is 7.47. The second kappa shape index (κ2) is 78.0. The Labute approximate surface area is 658 Å². The highest BCUT2D eigenvalue weighted by Crippen LogP contribution is 2.45. The van der Waals surface area contributed by atoms with Crippen molar-refractivity contribution < 1.29 is 80.2 Å². The van der Waals surface area contributed by atoms with Crippen molar-refractivity contribution in [3.05, 3.63) is 0 Å². The van der Waals surface area contributed by atoms with E-state index in [1.807, 2.05) is 0 Å². The minimum Gasteiger partial charge on any atom is -0.462 e. The lowest BCUT2D eigenvalue weighted by atomic mass is 9.99. The second-order valence-electron chi connectivity index (χ2n) is 32.6. The third-order valence-corrected chi connectivity index (χ3v) is 23.3. The Bertz CT molecular complexity index is 2060. The molecule has 0 saturated heterocycles. The molecule has 0 spiro atoms. The molecule has 3 N–H and O–H groups in total. The fraction of sp³-hybridized carbons (Fsp3) is 0.955. The molecule has 0 aromatic heterocycles. The van der Waals surface area contributed by atoms with Crippen LogP contribution in [0.3, 0.4) is 0 Å². The summed E-state index contributed by atoms with van der Waals surface area (Å²) in [7, 11) is -9.93. The van der Waals surface area contributed by atoms with E-state index in [2.05, 4.69) is 48.5 Å². The molecule has 19 heteroatoms. The Hall–Kier alpha value is -1.94. The van der Waals surface area contributed by atoms with Crippen LogP contribution in [0.2, 0.25) is 0 Å². The number of phosphoric acid groups is 2. The zero-order valence-corrected chi connectivity index (χ0v) is 72.4. The van der Waals surface area contributed by atoms with Crippen LogP contribution in [0.15, 0.2) is 0 Å². The molecule has 0 aromatic rings. The predicted octanol–water partition coefficient (Wildman–Crippen LogP) is 26.9. The molecule has 17 nitrogen and oxygen atoms in total. The molecule has 0 amide bonds. The van der Waals surface area contributed by atoms with Gasteiger partial charge in [-0.1, -0.05) is 414 Å². The van der Waals surface area contributed by atoms with Crippen LogP contribution in [0.25, 0.3) is 0 Å². The first kappa shape index (κ1) is 105. The van der Waals surface area contributed by atoms with E-state index >= 15 is 0 Å². The van der Waals surface area contributed by atoms with Gasteiger partial charge in [0.2, 0.25) is 0 Å². The average molecular weight is 1560 g/mol. The van der Waals surface area contributed by atoms with E-state index in [4.69, 9.17) is 37.0 Å². The summed E-state index contributed by atoms with van der Waals surface area (Å²) in [5, 5.41) is 10.7. The smallest absolute Gasteiger partial charge is 0.462 e. The van der Waals surface area contributed by atoms with E-state index in [0.717, 1.165) is 108 Å². The lowest BCUT2D eigenvalue weighted by Crippen LogP contribution is -2.30. The monoisotopic (exact) mass is 1560 g/mol. The lowest BCUT2D eigenvalue weighted by Gasteiger charge is -2.21. The fourth-order valence-electron chi connectivity index (χ4n) is 13.7. The summed E-state index contributed by atoms with van der Waals surface area (Å²) in [5.41, 5.74) is 0. The van der Waals surface area contributed by atoms with Crippen molar-refractivity contribution in [1.29, 1.82) is 0 Å². The Morgan fingerprint density at radius 1 is 0.271 bits per heavy atom. The van der Waals surface area contributed by atoms with Crippen LogP contribution in [0.5, 0.6) is 0 Å². The topological polar surface area (TPSA) is 237 Å². The van der Waals surface area contributed by atoms with E-state index in [0.29, 0.717) is 31.6 Å². The van der Waals surface area contributed by atoms with Gasteiger partial charge in [-0.15, -0.1) is 0 Å². The van der Waals surface area contributed by atoms with Gasteiger partial charge in [0.1, 0.15) is 19.3 Å². The first-order valence-electron chi connectivity index (χ1n) is 45.4. The molecule has 0 aliphatic heterocycles. The third-order valence-electron chi connectivity index (χ3n) is 21.4. The molecule has 636 valence electrons. The number of rotatable bonds is 86. The number of carbonyl (C=O) groups excluding carboxylic acids is 4. The maximum atomic E-state index is 13.2. The van der Waals surface area contributed by atoms with Crippen LogP contribution in [0, 0.1) is 17.8 Å². The van der Waals surface area contributed by atoms with Gasteiger partial charge in [-0.3, -0.25) is 37.3 Å². The Morgan fingerprint density at radius 3 is 0.710 bits per heavy atom. The van der Waals surface area contributed by atoms with Crippen molar-refractivity contribution in [3.8, 4) is 0 Å². The molecule has 0 aromatic carbocycles. The third kappa shape index (κ3) is 79.1. The Balaban J connectivity index is 5.19. The largest absolute Gasteiger partial charge is 0.472 e. The van der Waals surface area contributed by atoms with Crippen LogP contribution < -0.4 is 0 Å². The van der Waals surface area contributed by atoms with E-state index < -0.39 is 97.5 Å². The number of hydrogen-bond donors (Lipinski definition) is 3. The maximum Gasteiger partial charge on any atom is 0.472 e. The van der Waals surface area contributed by atoms with Crippen LogP contribution in [-0.2, 0) is 65.4 Å². The summed E-state index contributed by atoms with van der Waals surface area (Å²) in [6.45, 7) is 12.0. The van der Waals surface area contributed by atoms with Crippen molar-refractivity contribution in [2.75, 3.05) is 39.6 Å². The zero-order chi connectivity index (χ0) is 78.6. The molecule has 0 saturated carbocycles. The summed E-state index contributed by atoms with van der Waals surface area (Å²) in [5.74, 6) is 0.246. The SMILES string of the molecule is CCCCCCCCCCCCCCCCCCCCCCCCC(=O)OC[C@H](COP(=O)(O)OC[C@@H](O)COP(=O)(O)OC[C@@H](COC(=O)CCCCCCCCC(C)C)OC(=O)CCCCCCCCCCCCC(C)CC)OC(=O)CCCCCCCCCCCCCCCCCCCCC(C)CC. The summed E-state index contributed by atoms with van der Waals surface area (Å²) in [4.78, 5) is 73.2. The van der Waals surface area contributed by atoms with Crippen molar-refractivity contribution in [2.45, 2.75) is 484 Å². The molecule has 107 heavy (non-hydrogen) atoms. The molecular weight excluding hydrogens is 1390 g/mol. The first-order chi connectivity index (χ1) is 51.8. The molecule has 0 bridgehead atoms. The average Bonchev–Trinajstić information content (AvgIpc) is 0.903. The Kier molecular flexibility index (Phi) is 76.6. The number of aliphatic hydroxyl groups is 1. The van der Waals surface area contributed by atoms with Crippen LogP contribution in [-0.4, -0.2) is 96.7 Å². The van der Waals surface area contributed by atoms with Crippen molar-refractivity contribution in [3.63, 3.8) is 0 Å². The molecule has 0 heterocycles. The minimum atomic E-state index is -4.97. The van der Waals surface area contributed by atoms with Crippen LogP contribution in [0.1, 0.15) is 466 Å². The first-order valence-corrected chi connectivity index (χ1v) is 48.4. The predicted molar refractivity (Wildman–Crippen MR) is 441 cm³/mol. The number of unbranched alkanes of at least 4 members (excludes halogenated alkanes) is 52. The maximum absolute atomic E-state index is 13.2. The quantitative estimate of drug-likeness (QED) is 0.0222. The van der Waals surface area contributed by atoms with Gasteiger partial charge >= 0.3 is 39.5 Å². The van der Waals surface area contributed by atoms with E-state index in [-0.39, 0.29) is 25.7 Å². The molecule has 4 unspecified atom stereocenters. The van der Waals surface area contributed by atoms with E-state index in [9.17, 15) is 43.2 Å². The number of aliphatic hydroxyl groups excluding tert-OH is 1. The summed E-state index contributed by atoms with van der Waals surface area (Å²) < 4.78 is 68.9. The van der Waals surface area contributed by atoms with Gasteiger partial charge in [0.05, 0.1) is 26.4 Å². The number of hydrogen-bond acceptors (Lipinski definition) is 15. The van der Waals surface area contributed by atoms with Gasteiger partial charge in [-0.2, -0.15) is 0 Å². The van der Waals surface area contributed by atoms with Gasteiger partial charge in [0.25, 0.3) is 0 Å². The minimum absolute atomic E-state index is 0.105. The standard InChI is InChI=1S/C88H172O17P2/c1-8-11-12-13-14-15-16-17-18-19-20-21-22-23-27-30-33-36-42-47-55-62-69-85(90)98-75-83(104-87(92)71-64-57-48-43-37-34-31-28-25-24-26-29-32-35-40-45-53-60-67-80(6)9-2)77-102-106(94,95)100-73-82(89)74-101-107(96,97)103-78-84(76-99-86(91)70-63-56-51-50-52-59-66-79(4)5)105-88(93)72-65-58-49-44-39-38-41-46-54-61-68-81(7)10-3/h79-84,89H,8-78H2,1-7H3,(H,94,95)(H,96,97)/t80?,81?,82-,83-,84-/m1/s1. The highest BCUT2D eigenvalue weighted by Gasteiger charge is 2.31. The molecule has 7 atom stereocenters. The van der Waals surface area contributed by atoms with E-state index in [1.165, 1.54) is 270 Å². The number of phosphoric ester groups is 2. The van der Waals surface area contributed by atoms with Gasteiger partial charge < -0.3 is 33.8 Å². The van der Waals surface area contributed by atoms with Gasteiger partial charge in [0.15, 0.2) is 12.2 Å². The molecule has 0 fully saturated rings. The van der Waals surface area contributed by atoms with E-state index in [1.54, 1.807) is 0 Å². The summed E-state index contributed by atoms with van der Waals surface area (Å²) >= 11 is 0. The zero-order valence-electron chi connectivity index (χ0n) is 70.6. The lowest BCUT2D eigenvalue weighted by molar-refractivity contribution is -0.161. The Morgan fingerprint density at radius 2 is 0.477 bits per heavy atom. The fourth-order valence-corrected chi connectivity index (χ4v) is 15.2. The molecular formula is C88H172O17P2. The molecule has 0 rings (SSSR count). The van der Waals surface area contributed by atoms with Crippen LogP contribution >= 0.6 is 15.6 Å². The van der Waals surface area contributed by atoms with Crippen molar-refractivity contribution in [1.82, 2.24) is 0 Å². The number of ether oxygens (including phenoxy) is 4. The van der Waals surface area contributed by atoms with Gasteiger partial charge in [-0.25, -0.2) is 9.13 Å². The molecule has 0 aliphatic carbocycles. The van der Waals surface area contributed by atoms with Crippen molar-refractivity contribution in [2.24, 2.45) is 17.8 Å². The number of esters is 4.